The van der Waals surface area contributed by atoms with Gasteiger partial charge in [-0.3, -0.25) is 0 Å². The van der Waals surface area contributed by atoms with Crippen LogP contribution in [0.2, 0.25) is 0 Å². The van der Waals surface area contributed by atoms with Crippen molar-refractivity contribution in [1.82, 2.24) is 10.3 Å². The minimum absolute atomic E-state index is 0.756. The molecule has 0 aliphatic carbocycles. The zero-order valence-electron chi connectivity index (χ0n) is 11.5. The van der Waals surface area contributed by atoms with Crippen molar-refractivity contribution in [1.29, 1.82) is 0 Å². The van der Waals surface area contributed by atoms with Crippen molar-refractivity contribution in [3.8, 4) is 11.3 Å². The first-order valence-electron chi connectivity index (χ1n) is 6.50. The van der Waals surface area contributed by atoms with E-state index in [9.17, 15) is 0 Å². The molecule has 0 radical (unpaired) electrons. The van der Waals surface area contributed by atoms with Gasteiger partial charge < -0.3 is 10.1 Å². The number of methoxy groups -OCH3 is 1. The highest BCUT2D eigenvalue weighted by molar-refractivity contribution is 7.09. The molecular formula is C15H20N2OS. The van der Waals surface area contributed by atoms with E-state index in [1.54, 1.807) is 18.4 Å². The van der Waals surface area contributed by atoms with E-state index in [0.29, 0.717) is 0 Å². The van der Waals surface area contributed by atoms with Crippen LogP contribution in [0.5, 0.6) is 0 Å². The summed E-state index contributed by atoms with van der Waals surface area (Å²) >= 11 is 1.73. The Bertz CT molecular complexity index is 493. The van der Waals surface area contributed by atoms with Crippen LogP contribution in [0.15, 0.2) is 29.6 Å². The molecule has 0 bridgehead atoms. The molecule has 19 heavy (non-hydrogen) atoms. The van der Waals surface area contributed by atoms with Gasteiger partial charge in [-0.25, -0.2) is 4.98 Å². The molecule has 2 aromatic rings. The normalized spacial score (nSPS) is 10.8. The number of hydrogen-bond donors (Lipinski definition) is 1. The van der Waals surface area contributed by atoms with Crippen LogP contribution >= 0.6 is 11.3 Å². The fraction of sp³-hybridized carbons (Fsp3) is 0.400. The largest absolute Gasteiger partial charge is 0.383 e. The van der Waals surface area contributed by atoms with Crippen molar-refractivity contribution < 1.29 is 4.74 Å². The summed E-state index contributed by atoms with van der Waals surface area (Å²) < 4.78 is 4.99. The van der Waals surface area contributed by atoms with Crippen molar-refractivity contribution in [2.45, 2.75) is 13.3 Å². The van der Waals surface area contributed by atoms with Gasteiger partial charge in [0.25, 0.3) is 0 Å². The number of aryl methyl sites for hydroxylation is 1. The van der Waals surface area contributed by atoms with Gasteiger partial charge in [0.1, 0.15) is 0 Å². The minimum atomic E-state index is 0.756. The lowest BCUT2D eigenvalue weighted by Crippen LogP contribution is -2.21. The van der Waals surface area contributed by atoms with E-state index < -0.39 is 0 Å². The van der Waals surface area contributed by atoms with E-state index in [4.69, 9.17) is 4.74 Å². The lowest BCUT2D eigenvalue weighted by atomic mass is 10.1. The van der Waals surface area contributed by atoms with Crippen LogP contribution in [-0.2, 0) is 11.2 Å². The van der Waals surface area contributed by atoms with Crippen LogP contribution in [0.4, 0.5) is 0 Å². The van der Waals surface area contributed by atoms with Crippen LogP contribution in [-0.4, -0.2) is 31.8 Å². The number of hydrogen-bond acceptors (Lipinski definition) is 4. The molecule has 0 fully saturated rings. The number of thiazole rings is 1. The number of nitrogens with one attached hydrogen (secondary N) is 1. The molecule has 1 N–H and O–H groups in total. The van der Waals surface area contributed by atoms with E-state index >= 15 is 0 Å². The van der Waals surface area contributed by atoms with Crippen molar-refractivity contribution in [3.05, 3.63) is 40.2 Å². The molecule has 0 atom stereocenters. The summed E-state index contributed by atoms with van der Waals surface area (Å²) in [6, 6.07) is 8.51. The molecule has 1 aromatic heterocycles. The number of nitrogens with zero attached hydrogens (tertiary/aromatic N) is 1. The molecule has 102 valence electrons. The first kappa shape index (κ1) is 14.2. The maximum atomic E-state index is 4.99. The SMILES string of the molecule is COCCNCCc1nc(-c2ccc(C)cc2)cs1. The third kappa shape index (κ3) is 4.42. The fourth-order valence-corrected chi connectivity index (χ4v) is 2.58. The van der Waals surface area contributed by atoms with Crippen molar-refractivity contribution >= 4 is 11.3 Å². The Labute approximate surface area is 118 Å². The maximum absolute atomic E-state index is 4.99. The summed E-state index contributed by atoms with van der Waals surface area (Å²) in [6.45, 7) is 4.70. The Morgan fingerprint density at radius 2 is 2.00 bits per heavy atom. The van der Waals surface area contributed by atoms with E-state index in [-0.39, 0.29) is 0 Å². The van der Waals surface area contributed by atoms with Crippen LogP contribution in [0.3, 0.4) is 0 Å². The molecule has 4 heteroatoms. The summed E-state index contributed by atoms with van der Waals surface area (Å²) in [6.07, 6.45) is 0.972. The smallest absolute Gasteiger partial charge is 0.0945 e. The lowest BCUT2D eigenvalue weighted by molar-refractivity contribution is 0.199. The Hall–Kier alpha value is -1.23. The third-order valence-corrected chi connectivity index (χ3v) is 3.81. The minimum Gasteiger partial charge on any atom is -0.383 e. The van der Waals surface area contributed by atoms with Gasteiger partial charge in [-0.05, 0) is 6.92 Å². The predicted molar refractivity (Wildman–Crippen MR) is 80.7 cm³/mol. The average Bonchev–Trinajstić information content (AvgIpc) is 2.88. The molecular weight excluding hydrogens is 256 g/mol. The standard InChI is InChI=1S/C15H20N2OS/c1-12-3-5-13(6-4-12)14-11-19-15(17-14)7-8-16-9-10-18-2/h3-6,11,16H,7-10H2,1-2H3. The van der Waals surface area contributed by atoms with Gasteiger partial charge in [-0.15, -0.1) is 11.3 Å². The molecule has 1 heterocycles. The predicted octanol–water partition coefficient (Wildman–Crippen LogP) is 2.90. The zero-order valence-corrected chi connectivity index (χ0v) is 12.3. The monoisotopic (exact) mass is 276 g/mol. The molecule has 0 saturated carbocycles. The second-order valence-electron chi connectivity index (χ2n) is 4.49. The zero-order chi connectivity index (χ0) is 13.5. The quantitative estimate of drug-likeness (QED) is 0.790. The molecule has 0 saturated heterocycles. The molecule has 0 amide bonds. The van der Waals surface area contributed by atoms with Gasteiger partial charge in [-0.2, -0.15) is 0 Å². The second-order valence-corrected chi connectivity index (χ2v) is 5.43. The summed E-state index contributed by atoms with van der Waals surface area (Å²) in [5.74, 6) is 0. The molecule has 0 aliphatic rings. The van der Waals surface area contributed by atoms with Crippen LogP contribution in [0, 0.1) is 6.92 Å². The highest BCUT2D eigenvalue weighted by Gasteiger charge is 2.04. The van der Waals surface area contributed by atoms with Crippen LogP contribution in [0.1, 0.15) is 10.6 Å². The van der Waals surface area contributed by atoms with Gasteiger partial charge in [0.05, 0.1) is 17.3 Å². The molecule has 0 spiro atoms. The Kier molecular flexibility index (Phi) is 5.51. The molecule has 2 rings (SSSR count). The Balaban J connectivity index is 1.86. The van der Waals surface area contributed by atoms with Gasteiger partial charge in [0.15, 0.2) is 0 Å². The van der Waals surface area contributed by atoms with Crippen LogP contribution < -0.4 is 5.32 Å². The highest BCUT2D eigenvalue weighted by atomic mass is 32.1. The summed E-state index contributed by atoms with van der Waals surface area (Å²) in [5, 5.41) is 6.65. The molecule has 3 nitrogen and oxygen atoms in total. The number of ether oxygens (including phenoxy) is 1. The lowest BCUT2D eigenvalue weighted by Gasteiger charge is -2.01. The summed E-state index contributed by atoms with van der Waals surface area (Å²) in [7, 11) is 1.72. The summed E-state index contributed by atoms with van der Waals surface area (Å²) in [5.41, 5.74) is 3.55. The molecule has 1 aromatic carbocycles. The topological polar surface area (TPSA) is 34.1 Å². The fourth-order valence-electron chi connectivity index (χ4n) is 1.78. The van der Waals surface area contributed by atoms with Gasteiger partial charge in [0.2, 0.25) is 0 Å². The maximum Gasteiger partial charge on any atom is 0.0945 e. The number of benzene rings is 1. The van der Waals surface area contributed by atoms with Gasteiger partial charge in [-0.1, -0.05) is 29.8 Å². The molecule has 0 unspecified atom stereocenters. The highest BCUT2D eigenvalue weighted by Crippen LogP contribution is 2.22. The Morgan fingerprint density at radius 3 is 2.74 bits per heavy atom. The first-order valence-corrected chi connectivity index (χ1v) is 7.38. The second kappa shape index (κ2) is 7.38. The van der Waals surface area contributed by atoms with E-state index in [1.165, 1.54) is 16.1 Å². The van der Waals surface area contributed by atoms with Crippen molar-refractivity contribution in [2.24, 2.45) is 0 Å². The van der Waals surface area contributed by atoms with E-state index in [2.05, 4.69) is 46.9 Å². The third-order valence-electron chi connectivity index (χ3n) is 2.90. The van der Waals surface area contributed by atoms with Crippen molar-refractivity contribution in [2.75, 3.05) is 26.8 Å². The molecule has 0 aliphatic heterocycles. The average molecular weight is 276 g/mol. The van der Waals surface area contributed by atoms with Gasteiger partial charge >= 0.3 is 0 Å². The Morgan fingerprint density at radius 1 is 1.21 bits per heavy atom. The van der Waals surface area contributed by atoms with E-state index in [0.717, 1.165) is 31.8 Å². The van der Waals surface area contributed by atoms with E-state index in [1.807, 2.05) is 0 Å². The summed E-state index contributed by atoms with van der Waals surface area (Å²) in [4.78, 5) is 4.68. The van der Waals surface area contributed by atoms with Gasteiger partial charge in [0, 0.05) is 37.6 Å². The number of aromatic nitrogens is 1. The van der Waals surface area contributed by atoms with Crippen molar-refractivity contribution in [3.63, 3.8) is 0 Å². The number of rotatable bonds is 7. The first-order chi connectivity index (χ1) is 9.29. The van der Waals surface area contributed by atoms with Crippen LogP contribution in [0.25, 0.3) is 11.3 Å².